The minimum absolute atomic E-state index is 0.00956. The third-order valence-electron chi connectivity index (χ3n) is 2.08. The molecule has 1 aromatic carbocycles. The summed E-state index contributed by atoms with van der Waals surface area (Å²) in [5.41, 5.74) is 0.699. The number of hydrogen-bond acceptors (Lipinski definition) is 2. The maximum absolute atomic E-state index is 12.6. The Bertz CT molecular complexity index is 349. The number of benzene rings is 1. The van der Waals surface area contributed by atoms with Gasteiger partial charge in [-0.15, -0.1) is 0 Å². The lowest BCUT2D eigenvalue weighted by Gasteiger charge is -2.03. The molecule has 17 heavy (non-hydrogen) atoms. The van der Waals surface area contributed by atoms with Gasteiger partial charge in [-0.2, -0.15) is 0 Å². The zero-order valence-electron chi connectivity index (χ0n) is 9.17. The van der Waals surface area contributed by atoms with Gasteiger partial charge in [-0.05, 0) is 17.7 Å². The van der Waals surface area contributed by atoms with E-state index in [1.807, 2.05) is 0 Å². The van der Waals surface area contributed by atoms with Gasteiger partial charge in [0.25, 0.3) is 6.43 Å². The Balaban J connectivity index is 2.23. The minimum atomic E-state index is -2.51. The van der Waals surface area contributed by atoms with E-state index in [2.05, 4.69) is 4.74 Å². The summed E-state index contributed by atoms with van der Waals surface area (Å²) in [7, 11) is 0. The highest BCUT2D eigenvalue weighted by Gasteiger charge is 2.06. The Morgan fingerprint density at radius 1 is 1.24 bits per heavy atom. The molecule has 0 saturated heterocycles. The summed E-state index contributed by atoms with van der Waals surface area (Å²) in [4.78, 5) is 11.4. The van der Waals surface area contributed by atoms with Crippen LogP contribution in [-0.2, 0) is 16.0 Å². The number of ketones is 1. The third kappa shape index (κ3) is 6.06. The molecular formula is C12H13F3O2. The zero-order chi connectivity index (χ0) is 12.7. The second-order valence-corrected chi connectivity index (χ2v) is 3.56. The number of rotatable bonds is 7. The van der Waals surface area contributed by atoms with Crippen molar-refractivity contribution in [3.05, 3.63) is 35.6 Å². The number of Topliss-reactive ketones (excluding diaryl/α,β-unsaturated/α-hetero) is 1. The molecule has 0 aromatic heterocycles. The number of hydrogen-bond donors (Lipinski definition) is 0. The normalized spacial score (nSPS) is 10.8. The molecule has 0 amide bonds. The lowest BCUT2D eigenvalue weighted by Crippen LogP contribution is -2.10. The molecule has 0 unspecified atom stereocenters. The van der Waals surface area contributed by atoms with Crippen molar-refractivity contribution in [2.45, 2.75) is 19.3 Å². The van der Waals surface area contributed by atoms with Gasteiger partial charge in [0.2, 0.25) is 0 Å². The van der Waals surface area contributed by atoms with Crippen molar-refractivity contribution in [1.82, 2.24) is 0 Å². The summed E-state index contributed by atoms with van der Waals surface area (Å²) in [6, 6.07) is 5.59. The van der Waals surface area contributed by atoms with Gasteiger partial charge in [-0.3, -0.25) is 4.79 Å². The Kier molecular flexibility index (Phi) is 5.69. The van der Waals surface area contributed by atoms with Crippen LogP contribution in [0.25, 0.3) is 0 Å². The quantitative estimate of drug-likeness (QED) is 0.691. The number of carbonyl (C=O) groups excluding carboxylic acids is 1. The maximum Gasteiger partial charge on any atom is 0.261 e. The monoisotopic (exact) mass is 246 g/mol. The van der Waals surface area contributed by atoms with Crippen LogP contribution in [-0.4, -0.2) is 25.4 Å². The predicted molar refractivity (Wildman–Crippen MR) is 56.6 cm³/mol. The first-order chi connectivity index (χ1) is 8.08. The third-order valence-corrected chi connectivity index (χ3v) is 2.08. The fraction of sp³-hybridized carbons (Fsp3) is 0.417. The lowest BCUT2D eigenvalue weighted by molar-refractivity contribution is -0.119. The molecule has 0 aliphatic rings. The first-order valence-corrected chi connectivity index (χ1v) is 5.20. The largest absolute Gasteiger partial charge is 0.375 e. The van der Waals surface area contributed by atoms with Crippen LogP contribution in [0.5, 0.6) is 0 Å². The van der Waals surface area contributed by atoms with Crippen LogP contribution in [0.2, 0.25) is 0 Å². The molecule has 0 atom stereocenters. The maximum atomic E-state index is 12.6. The molecule has 0 spiro atoms. The number of alkyl halides is 2. The van der Waals surface area contributed by atoms with Crippen LogP contribution in [0, 0.1) is 5.82 Å². The average Bonchev–Trinajstić information content (AvgIpc) is 2.27. The number of halogens is 3. The SMILES string of the molecule is O=C(CCOCC(F)F)Cc1ccc(F)cc1. The lowest BCUT2D eigenvalue weighted by atomic mass is 10.1. The molecule has 0 N–H and O–H groups in total. The smallest absolute Gasteiger partial charge is 0.261 e. The second kappa shape index (κ2) is 7.06. The fourth-order valence-corrected chi connectivity index (χ4v) is 1.28. The van der Waals surface area contributed by atoms with E-state index in [0.717, 1.165) is 0 Å². The van der Waals surface area contributed by atoms with Crippen LogP contribution in [0.1, 0.15) is 12.0 Å². The number of carbonyl (C=O) groups is 1. The highest BCUT2D eigenvalue weighted by molar-refractivity contribution is 5.80. The zero-order valence-corrected chi connectivity index (χ0v) is 9.17. The van der Waals surface area contributed by atoms with Gasteiger partial charge >= 0.3 is 0 Å². The highest BCUT2D eigenvalue weighted by atomic mass is 19.3. The van der Waals surface area contributed by atoms with Gasteiger partial charge in [0, 0.05) is 12.8 Å². The number of ether oxygens (including phenoxy) is 1. The summed E-state index contributed by atoms with van der Waals surface area (Å²) in [6.07, 6.45) is -2.26. The highest BCUT2D eigenvalue weighted by Crippen LogP contribution is 2.05. The van der Waals surface area contributed by atoms with Crippen molar-refractivity contribution < 1.29 is 22.7 Å². The topological polar surface area (TPSA) is 26.3 Å². The van der Waals surface area contributed by atoms with Gasteiger partial charge < -0.3 is 4.74 Å². The van der Waals surface area contributed by atoms with Crippen LogP contribution in [0.3, 0.4) is 0 Å². The van der Waals surface area contributed by atoms with E-state index < -0.39 is 13.0 Å². The Morgan fingerprint density at radius 3 is 2.47 bits per heavy atom. The molecule has 0 bridgehead atoms. The van der Waals surface area contributed by atoms with Crippen molar-refractivity contribution in [3.63, 3.8) is 0 Å². The van der Waals surface area contributed by atoms with Crippen molar-refractivity contribution >= 4 is 5.78 Å². The Morgan fingerprint density at radius 2 is 1.88 bits per heavy atom. The van der Waals surface area contributed by atoms with Crippen molar-refractivity contribution in [2.75, 3.05) is 13.2 Å². The van der Waals surface area contributed by atoms with Gasteiger partial charge in [-0.1, -0.05) is 12.1 Å². The van der Waals surface area contributed by atoms with E-state index >= 15 is 0 Å². The average molecular weight is 246 g/mol. The molecule has 0 fully saturated rings. The predicted octanol–water partition coefficient (Wildman–Crippen LogP) is 2.61. The van der Waals surface area contributed by atoms with E-state index in [9.17, 15) is 18.0 Å². The van der Waals surface area contributed by atoms with Crippen molar-refractivity contribution in [2.24, 2.45) is 0 Å². The molecule has 0 radical (unpaired) electrons. The molecular weight excluding hydrogens is 233 g/mol. The molecule has 0 heterocycles. The van der Waals surface area contributed by atoms with E-state index in [-0.39, 0.29) is 31.0 Å². The van der Waals surface area contributed by atoms with Crippen LogP contribution in [0.15, 0.2) is 24.3 Å². The fourth-order valence-electron chi connectivity index (χ4n) is 1.28. The van der Waals surface area contributed by atoms with Crippen LogP contribution >= 0.6 is 0 Å². The van der Waals surface area contributed by atoms with E-state index in [1.54, 1.807) is 0 Å². The van der Waals surface area contributed by atoms with Crippen LogP contribution < -0.4 is 0 Å². The summed E-state index contributed by atoms with van der Waals surface area (Å²) in [5, 5.41) is 0. The van der Waals surface area contributed by atoms with Gasteiger partial charge in [0.15, 0.2) is 0 Å². The molecule has 2 nitrogen and oxygen atoms in total. The van der Waals surface area contributed by atoms with Crippen molar-refractivity contribution in [1.29, 1.82) is 0 Å². The summed E-state index contributed by atoms with van der Waals surface area (Å²) >= 11 is 0. The Labute approximate surface area is 97.4 Å². The molecule has 1 aromatic rings. The van der Waals surface area contributed by atoms with Gasteiger partial charge in [0.05, 0.1) is 6.61 Å². The first kappa shape index (κ1) is 13.7. The second-order valence-electron chi connectivity index (χ2n) is 3.56. The standard InChI is InChI=1S/C12H13F3O2/c13-10-3-1-9(2-4-10)7-11(16)5-6-17-8-12(14)15/h1-4,12H,5-8H2. The van der Waals surface area contributed by atoms with Gasteiger partial charge in [0.1, 0.15) is 18.2 Å². The van der Waals surface area contributed by atoms with Crippen molar-refractivity contribution in [3.8, 4) is 0 Å². The molecule has 0 aliphatic heterocycles. The summed E-state index contributed by atoms with van der Waals surface area (Å²) < 4.78 is 40.6. The molecule has 0 saturated carbocycles. The summed E-state index contributed by atoms with van der Waals surface area (Å²) in [6.45, 7) is -0.659. The van der Waals surface area contributed by atoms with E-state index in [4.69, 9.17) is 0 Å². The van der Waals surface area contributed by atoms with Gasteiger partial charge in [-0.25, -0.2) is 13.2 Å². The van der Waals surface area contributed by atoms with E-state index in [0.29, 0.717) is 5.56 Å². The Hall–Kier alpha value is -1.36. The van der Waals surface area contributed by atoms with E-state index in [1.165, 1.54) is 24.3 Å². The minimum Gasteiger partial charge on any atom is -0.375 e. The van der Waals surface area contributed by atoms with Crippen LogP contribution in [0.4, 0.5) is 13.2 Å². The molecule has 94 valence electrons. The first-order valence-electron chi connectivity index (χ1n) is 5.20. The molecule has 0 aliphatic carbocycles. The molecule has 5 heteroatoms. The molecule has 1 rings (SSSR count). The summed E-state index contributed by atoms with van der Waals surface area (Å²) in [5.74, 6) is -0.479.